The molecule has 0 atom stereocenters. The quantitative estimate of drug-likeness (QED) is 0.855. The molecule has 3 rings (SSSR count). The molecular weight excluding hydrogens is 338 g/mol. The van der Waals surface area contributed by atoms with Crippen molar-refractivity contribution in [3.8, 4) is 0 Å². The average molecular weight is 353 g/mol. The molecule has 2 aromatic carbocycles. The molecule has 0 aliphatic carbocycles. The van der Waals surface area contributed by atoms with E-state index in [-0.39, 0.29) is 17.2 Å². The van der Waals surface area contributed by atoms with Crippen LogP contribution in [0.15, 0.2) is 58.6 Å². The minimum Gasteiger partial charge on any atom is -0.478 e. The van der Waals surface area contributed by atoms with Crippen molar-refractivity contribution in [3.63, 3.8) is 0 Å². The van der Waals surface area contributed by atoms with Gasteiger partial charge in [0.15, 0.2) is 5.17 Å². The molecule has 2 aromatic rings. The van der Waals surface area contributed by atoms with Crippen LogP contribution in [0.4, 0.5) is 5.69 Å². The van der Waals surface area contributed by atoms with Crippen LogP contribution < -0.4 is 0 Å². The van der Waals surface area contributed by atoms with Gasteiger partial charge in [0, 0.05) is 5.56 Å². The summed E-state index contributed by atoms with van der Waals surface area (Å²) in [5.41, 5.74) is 2.41. The van der Waals surface area contributed by atoms with Crippen molar-refractivity contribution in [2.75, 3.05) is 5.75 Å². The van der Waals surface area contributed by atoms with E-state index in [1.54, 1.807) is 18.2 Å². The Morgan fingerprint density at radius 3 is 2.64 bits per heavy atom. The van der Waals surface area contributed by atoms with Crippen LogP contribution in [0.2, 0.25) is 0 Å². The second kappa shape index (κ2) is 7.31. The molecule has 1 fully saturated rings. The number of aromatic carboxylic acids is 1. The van der Waals surface area contributed by atoms with Crippen LogP contribution in [0.5, 0.6) is 0 Å². The number of aliphatic imine (C=N–C) groups is 1. The van der Waals surface area contributed by atoms with Crippen LogP contribution in [0, 0.1) is 6.92 Å². The zero-order valence-electron chi connectivity index (χ0n) is 13.4. The zero-order valence-corrected chi connectivity index (χ0v) is 14.2. The lowest BCUT2D eigenvalue weighted by atomic mass is 10.1. The van der Waals surface area contributed by atoms with E-state index in [0.29, 0.717) is 10.7 Å². The molecule has 1 aliphatic rings. The molecule has 6 nitrogen and oxygen atoms in total. The highest BCUT2D eigenvalue weighted by molar-refractivity contribution is 8.15. The Hall–Kier alpha value is -2.93. The van der Waals surface area contributed by atoms with Crippen molar-refractivity contribution in [3.05, 3.63) is 65.2 Å². The maximum atomic E-state index is 12.1. The van der Waals surface area contributed by atoms with Gasteiger partial charge < -0.3 is 5.11 Å². The molecule has 0 spiro atoms. The molecule has 0 saturated carbocycles. The lowest BCUT2D eigenvalue weighted by Gasteiger charge is -2.09. The molecule has 0 aromatic heterocycles. The largest absolute Gasteiger partial charge is 0.478 e. The van der Waals surface area contributed by atoms with Crippen molar-refractivity contribution in [2.24, 2.45) is 10.1 Å². The molecule has 1 amide bonds. The summed E-state index contributed by atoms with van der Waals surface area (Å²) < 4.78 is 0. The predicted molar refractivity (Wildman–Crippen MR) is 98.6 cm³/mol. The molecule has 0 bridgehead atoms. The van der Waals surface area contributed by atoms with Gasteiger partial charge in [-0.25, -0.2) is 9.79 Å². The summed E-state index contributed by atoms with van der Waals surface area (Å²) in [6.45, 7) is 1.99. The van der Waals surface area contributed by atoms with E-state index in [1.807, 2.05) is 31.2 Å². The van der Waals surface area contributed by atoms with Gasteiger partial charge in [0.05, 0.1) is 23.2 Å². The smallest absolute Gasteiger partial charge is 0.336 e. The van der Waals surface area contributed by atoms with Crippen molar-refractivity contribution in [2.45, 2.75) is 6.92 Å². The van der Waals surface area contributed by atoms with Crippen LogP contribution in [0.25, 0.3) is 0 Å². The van der Waals surface area contributed by atoms with E-state index in [1.165, 1.54) is 29.1 Å². The summed E-state index contributed by atoms with van der Waals surface area (Å²) in [5.74, 6) is -0.986. The Morgan fingerprint density at radius 1 is 1.20 bits per heavy atom. The SMILES string of the molecule is Cc1ccc(N=C2SCC(=O)N2/N=C\c2ccccc2C(=O)O)cc1. The fourth-order valence-corrected chi connectivity index (χ4v) is 3.02. The number of thioether (sulfide) groups is 1. The summed E-state index contributed by atoms with van der Waals surface area (Å²) in [5, 5.41) is 15.0. The lowest BCUT2D eigenvalue weighted by Crippen LogP contribution is -2.24. The highest BCUT2D eigenvalue weighted by atomic mass is 32.2. The van der Waals surface area contributed by atoms with E-state index in [2.05, 4.69) is 10.1 Å². The van der Waals surface area contributed by atoms with Gasteiger partial charge in [-0.3, -0.25) is 4.79 Å². The first-order chi connectivity index (χ1) is 12.0. The van der Waals surface area contributed by atoms with Gasteiger partial charge in [0.1, 0.15) is 0 Å². The standard InChI is InChI=1S/C18H15N3O3S/c1-12-6-8-14(9-7-12)20-18-21(16(22)11-25-18)19-10-13-4-2-3-5-15(13)17(23)24/h2-10H,11H2,1H3,(H,23,24)/b19-10-,20-18?. The normalized spacial score (nSPS) is 16.1. The van der Waals surface area contributed by atoms with Crippen LogP contribution in [-0.4, -0.2) is 39.1 Å². The minimum atomic E-state index is -1.04. The summed E-state index contributed by atoms with van der Waals surface area (Å²) in [6.07, 6.45) is 1.37. The Morgan fingerprint density at radius 2 is 1.92 bits per heavy atom. The number of aryl methyl sites for hydroxylation is 1. The minimum absolute atomic E-state index is 0.127. The number of hydrogen-bond acceptors (Lipinski definition) is 5. The molecule has 1 saturated heterocycles. The van der Waals surface area contributed by atoms with Gasteiger partial charge in [-0.05, 0) is 25.1 Å². The van der Waals surface area contributed by atoms with E-state index in [4.69, 9.17) is 0 Å². The highest BCUT2D eigenvalue weighted by Gasteiger charge is 2.28. The van der Waals surface area contributed by atoms with Crippen molar-refractivity contribution in [1.29, 1.82) is 0 Å². The first-order valence-electron chi connectivity index (χ1n) is 7.52. The number of amidine groups is 1. The number of benzene rings is 2. The van der Waals surface area contributed by atoms with Crippen molar-refractivity contribution >= 4 is 40.7 Å². The monoisotopic (exact) mass is 353 g/mol. The second-order valence-electron chi connectivity index (χ2n) is 5.36. The molecular formula is C18H15N3O3S. The molecule has 0 radical (unpaired) electrons. The Bertz CT molecular complexity index is 875. The predicted octanol–water partition coefficient (Wildman–Crippen LogP) is 3.29. The third-order valence-electron chi connectivity index (χ3n) is 3.50. The van der Waals surface area contributed by atoms with Gasteiger partial charge in [-0.15, -0.1) is 0 Å². The summed E-state index contributed by atoms with van der Waals surface area (Å²) >= 11 is 1.30. The number of amides is 1. The Labute approximate surface area is 148 Å². The highest BCUT2D eigenvalue weighted by Crippen LogP contribution is 2.24. The van der Waals surface area contributed by atoms with E-state index >= 15 is 0 Å². The van der Waals surface area contributed by atoms with Crippen molar-refractivity contribution in [1.82, 2.24) is 5.01 Å². The Kier molecular flexibility index (Phi) is 4.95. The van der Waals surface area contributed by atoms with Crippen LogP contribution >= 0.6 is 11.8 Å². The van der Waals surface area contributed by atoms with Gasteiger partial charge in [0.2, 0.25) is 0 Å². The number of rotatable bonds is 4. The number of carbonyl (C=O) groups is 2. The van der Waals surface area contributed by atoms with E-state index in [9.17, 15) is 14.7 Å². The Balaban J connectivity index is 1.88. The molecule has 1 heterocycles. The average Bonchev–Trinajstić information content (AvgIpc) is 2.95. The third kappa shape index (κ3) is 3.95. The lowest BCUT2D eigenvalue weighted by molar-refractivity contribution is -0.124. The van der Waals surface area contributed by atoms with Crippen LogP contribution in [0.1, 0.15) is 21.5 Å². The molecule has 7 heteroatoms. The molecule has 1 aliphatic heterocycles. The number of hydrogen-bond donors (Lipinski definition) is 1. The zero-order chi connectivity index (χ0) is 17.8. The summed E-state index contributed by atoms with van der Waals surface area (Å²) in [7, 11) is 0. The summed E-state index contributed by atoms with van der Waals surface area (Å²) in [6, 6.07) is 14.1. The third-order valence-corrected chi connectivity index (χ3v) is 4.42. The first-order valence-corrected chi connectivity index (χ1v) is 8.50. The number of nitrogens with zero attached hydrogens (tertiary/aromatic N) is 3. The second-order valence-corrected chi connectivity index (χ2v) is 6.30. The number of carboxylic acids is 1. The van der Waals surface area contributed by atoms with Gasteiger partial charge in [-0.1, -0.05) is 47.7 Å². The van der Waals surface area contributed by atoms with E-state index in [0.717, 1.165) is 11.3 Å². The topological polar surface area (TPSA) is 82.3 Å². The number of carbonyl (C=O) groups excluding carboxylic acids is 1. The fourth-order valence-electron chi connectivity index (χ4n) is 2.20. The maximum absolute atomic E-state index is 12.1. The summed E-state index contributed by atoms with van der Waals surface area (Å²) in [4.78, 5) is 27.8. The van der Waals surface area contributed by atoms with Crippen molar-refractivity contribution < 1.29 is 14.7 Å². The molecule has 126 valence electrons. The molecule has 0 unspecified atom stereocenters. The van der Waals surface area contributed by atoms with Crippen LogP contribution in [-0.2, 0) is 4.79 Å². The van der Waals surface area contributed by atoms with Gasteiger partial charge in [0.25, 0.3) is 5.91 Å². The fraction of sp³-hybridized carbons (Fsp3) is 0.111. The molecule has 1 N–H and O–H groups in total. The maximum Gasteiger partial charge on any atom is 0.336 e. The van der Waals surface area contributed by atoms with Gasteiger partial charge in [-0.2, -0.15) is 10.1 Å². The van der Waals surface area contributed by atoms with Gasteiger partial charge >= 0.3 is 5.97 Å². The number of carboxylic acid groups (broad SMARTS) is 1. The number of hydrazone groups is 1. The first kappa shape index (κ1) is 16.9. The van der Waals surface area contributed by atoms with E-state index < -0.39 is 5.97 Å². The molecule has 25 heavy (non-hydrogen) atoms. The van der Waals surface area contributed by atoms with Crippen LogP contribution in [0.3, 0.4) is 0 Å².